The first kappa shape index (κ1) is 38.0. The van der Waals surface area contributed by atoms with E-state index in [2.05, 4.69) is 165 Å². The van der Waals surface area contributed by atoms with Gasteiger partial charge in [-0.3, -0.25) is 0 Å². The predicted octanol–water partition coefficient (Wildman–Crippen LogP) is 13.6. The molecule has 0 amide bonds. The van der Waals surface area contributed by atoms with Crippen LogP contribution in [-0.4, -0.2) is 11.3 Å². The van der Waals surface area contributed by atoms with E-state index in [9.17, 15) is 0 Å². The monoisotopic (exact) mass is 806 g/mol. The molecule has 54 heavy (non-hydrogen) atoms. The molecule has 5 aromatic carbocycles. The molecule has 4 saturated carbocycles. The van der Waals surface area contributed by atoms with Crippen LogP contribution in [0.2, 0.25) is 0 Å². The third-order valence-corrected chi connectivity index (χ3v) is 15.5. The van der Waals surface area contributed by atoms with Crippen LogP contribution in [0.5, 0.6) is 0 Å². The summed E-state index contributed by atoms with van der Waals surface area (Å²) in [6.07, 6.45) is 24.4. The molecule has 268 valence electrons. The van der Waals surface area contributed by atoms with Crippen LogP contribution >= 0.6 is 7.92 Å². The molecule has 0 aromatic heterocycles. The second-order valence-electron chi connectivity index (χ2n) is 15.2. The van der Waals surface area contributed by atoms with Crippen molar-refractivity contribution in [1.29, 1.82) is 0 Å². The van der Waals surface area contributed by atoms with Crippen LogP contribution in [0.4, 0.5) is 0 Å². The molecule has 10 radical (unpaired) electrons. The fourth-order valence-electron chi connectivity index (χ4n) is 9.69. The molecule has 0 saturated heterocycles. The maximum Gasteiger partial charge on any atom is 2.00 e. The summed E-state index contributed by atoms with van der Waals surface area (Å²) >= 11 is 0. The van der Waals surface area contributed by atoms with Gasteiger partial charge in [-0.1, -0.05) is 186 Å². The summed E-state index contributed by atoms with van der Waals surface area (Å²) in [6.45, 7) is 0. The molecule has 0 atom stereocenters. The van der Waals surface area contributed by atoms with Crippen LogP contribution < -0.4 is 0 Å². The van der Waals surface area contributed by atoms with E-state index in [0.717, 1.165) is 11.3 Å². The third kappa shape index (κ3) is 7.64. The van der Waals surface area contributed by atoms with E-state index in [4.69, 9.17) is 0 Å². The molecule has 0 heterocycles. The molecule has 0 spiro atoms. The quantitative estimate of drug-likeness (QED) is 0.118. The van der Waals surface area contributed by atoms with E-state index in [0.29, 0.717) is 0 Å². The Morgan fingerprint density at radius 1 is 0.333 bits per heavy atom. The molecular weight excluding hydrogens is 757 g/mol. The van der Waals surface area contributed by atoms with Crippen molar-refractivity contribution in [3.05, 3.63) is 228 Å². The van der Waals surface area contributed by atoms with Gasteiger partial charge < -0.3 is 0 Å². The van der Waals surface area contributed by atoms with Crippen molar-refractivity contribution in [2.45, 2.75) is 75.5 Å². The molecule has 0 nitrogen and oxygen atoms in total. The van der Waals surface area contributed by atoms with Crippen molar-refractivity contribution in [3.63, 3.8) is 0 Å². The largest absolute Gasteiger partial charge is 2.00 e. The van der Waals surface area contributed by atoms with Crippen molar-refractivity contribution >= 4 is 7.92 Å². The normalized spacial score (nSPS) is 20.5. The molecular formula is C52H49PRu+2. The van der Waals surface area contributed by atoms with Gasteiger partial charge in [0, 0.05) is 35.2 Å². The summed E-state index contributed by atoms with van der Waals surface area (Å²) in [5.74, 6) is 6.60. The molecule has 0 aliphatic heterocycles. The van der Waals surface area contributed by atoms with Gasteiger partial charge in [-0.25, -0.2) is 0 Å². The van der Waals surface area contributed by atoms with E-state index >= 15 is 0 Å². The first-order valence-electron chi connectivity index (χ1n) is 20.1. The van der Waals surface area contributed by atoms with Gasteiger partial charge in [-0.05, 0) is 102 Å². The molecule has 4 fully saturated rings. The van der Waals surface area contributed by atoms with Gasteiger partial charge in [0.25, 0.3) is 0 Å². The van der Waals surface area contributed by atoms with Gasteiger partial charge in [-0.15, -0.1) is 0 Å². The molecule has 2 heteroatoms. The van der Waals surface area contributed by atoms with E-state index in [1.54, 1.807) is 5.66 Å². The van der Waals surface area contributed by atoms with E-state index in [-0.39, 0.29) is 27.4 Å². The van der Waals surface area contributed by atoms with Crippen molar-refractivity contribution < 1.29 is 19.5 Å². The van der Waals surface area contributed by atoms with Crippen LogP contribution in [0.1, 0.15) is 92.0 Å². The van der Waals surface area contributed by atoms with Gasteiger partial charge in [0.05, 0.1) is 0 Å². The number of benzene rings is 5. The number of rotatable bonds is 6. The zero-order valence-electron chi connectivity index (χ0n) is 31.1. The minimum Gasteiger partial charge on any atom is -0.0924 e. The second kappa shape index (κ2) is 18.0. The van der Waals surface area contributed by atoms with Crippen LogP contribution in [0, 0.1) is 60.9 Å². The Morgan fingerprint density at radius 3 is 1.02 bits per heavy atom. The average molecular weight is 806 g/mol. The summed E-state index contributed by atoms with van der Waals surface area (Å²) in [5, 5.41) is 0. The zero-order valence-corrected chi connectivity index (χ0v) is 33.7. The smallest absolute Gasteiger partial charge is 0.0924 e. The molecule has 0 unspecified atom stereocenters. The summed E-state index contributed by atoms with van der Waals surface area (Å²) in [4.78, 5) is 0. The van der Waals surface area contributed by atoms with Crippen molar-refractivity contribution in [3.8, 4) is 11.1 Å². The number of fused-ring (bicyclic) bond motifs is 6. The summed E-state index contributed by atoms with van der Waals surface area (Å²) in [5.41, 5.74) is 12.8. The van der Waals surface area contributed by atoms with E-state index in [1.165, 1.54) is 133 Å². The standard InChI is InChI=1S/C35H23.C17H26P.Ru/c1-4-14-24(15-5-1)31-32(25-16-6-2-7-17-25)34-29-22-12-10-20-27(29)28-21-11-13-23-30(28)35(34)33(31)26-18-8-3-9-19-26;1-3-9-15(10-4-1)18(17-13-7-8-14-17)16-11-5-2-6-12-16;/h1-23H;7-8,13-16H,1-6,9-12H2;/q;;+2. The molecule has 5 aliphatic rings. The van der Waals surface area contributed by atoms with Crippen molar-refractivity contribution in [1.82, 2.24) is 0 Å². The Labute approximate surface area is 340 Å². The van der Waals surface area contributed by atoms with Crippen LogP contribution in [0.15, 0.2) is 140 Å². The molecule has 0 N–H and O–H groups in total. The van der Waals surface area contributed by atoms with Crippen LogP contribution in [0.25, 0.3) is 11.1 Å². The fraction of sp³-hybridized carbons (Fsp3) is 0.231. The molecule has 5 aromatic rings. The Bertz CT molecular complexity index is 1700. The molecule has 5 aliphatic carbocycles. The average Bonchev–Trinajstić information content (AvgIpc) is 3.91. The van der Waals surface area contributed by atoms with Crippen LogP contribution in [0.3, 0.4) is 0 Å². The van der Waals surface area contributed by atoms with Gasteiger partial charge in [0.15, 0.2) is 0 Å². The van der Waals surface area contributed by atoms with Gasteiger partial charge >= 0.3 is 19.5 Å². The maximum absolute atomic E-state index is 2.43. The van der Waals surface area contributed by atoms with E-state index in [1.807, 2.05) is 0 Å². The number of hydrogen-bond donors (Lipinski definition) is 0. The second-order valence-corrected chi connectivity index (χ2v) is 18.0. The Balaban J connectivity index is 0.000000184. The Morgan fingerprint density at radius 2 is 0.648 bits per heavy atom. The molecule has 10 rings (SSSR count). The Kier molecular flexibility index (Phi) is 12.6. The van der Waals surface area contributed by atoms with Crippen molar-refractivity contribution in [2.75, 3.05) is 0 Å². The minimum atomic E-state index is 0. The first-order valence-corrected chi connectivity index (χ1v) is 21.6. The van der Waals surface area contributed by atoms with E-state index < -0.39 is 0 Å². The van der Waals surface area contributed by atoms with Gasteiger partial charge in [0.1, 0.15) is 0 Å². The van der Waals surface area contributed by atoms with Gasteiger partial charge in [-0.2, -0.15) is 0 Å². The summed E-state index contributed by atoms with van der Waals surface area (Å²) in [7, 11) is 0.145. The minimum absolute atomic E-state index is 0. The third-order valence-electron chi connectivity index (χ3n) is 12.0. The fourth-order valence-corrected chi connectivity index (χ4v) is 13.5. The molecule has 0 bridgehead atoms. The maximum atomic E-state index is 2.43. The zero-order chi connectivity index (χ0) is 35.4. The number of hydrogen-bond acceptors (Lipinski definition) is 0. The SMILES string of the molecule is [CH]1[CH][CH][C](P(C2CCCCC2)C2CCCCC2)[CH]1.[Ru+2].c1ccc([C]2[C](c3ccccc3)[C]3[C]([C]2c2ccccc2)c2ccccc2-c2ccccc23)cc1. The predicted molar refractivity (Wildman–Crippen MR) is 224 cm³/mol. The Hall–Kier alpha value is -2.85. The van der Waals surface area contributed by atoms with Crippen LogP contribution in [-0.2, 0) is 19.5 Å². The topological polar surface area (TPSA) is 0 Å². The van der Waals surface area contributed by atoms with Gasteiger partial charge in [0.2, 0.25) is 0 Å². The first-order chi connectivity index (χ1) is 26.4. The van der Waals surface area contributed by atoms with Crippen molar-refractivity contribution in [2.24, 2.45) is 0 Å². The summed E-state index contributed by atoms with van der Waals surface area (Å²) in [6, 6.07) is 50.4. The summed E-state index contributed by atoms with van der Waals surface area (Å²) < 4.78 is 0.